The van der Waals surface area contributed by atoms with Crippen molar-refractivity contribution in [3.05, 3.63) is 29.8 Å². The van der Waals surface area contributed by atoms with Crippen molar-refractivity contribution in [2.45, 2.75) is 18.7 Å². The van der Waals surface area contributed by atoms with Crippen molar-refractivity contribution in [2.24, 2.45) is 11.7 Å². The highest BCUT2D eigenvalue weighted by atomic mass is 32.2. The Morgan fingerprint density at radius 2 is 1.80 bits per heavy atom. The van der Waals surface area contributed by atoms with Crippen LogP contribution in [0.3, 0.4) is 0 Å². The van der Waals surface area contributed by atoms with Crippen molar-refractivity contribution >= 4 is 15.9 Å². The summed E-state index contributed by atoms with van der Waals surface area (Å²) in [6.45, 7) is 7.17. The number of nitrogens with two attached hydrogens (primary N) is 1. The largest absolute Gasteiger partial charge is 0.355 e. The quantitative estimate of drug-likeness (QED) is 0.707. The van der Waals surface area contributed by atoms with Gasteiger partial charge in [0.2, 0.25) is 15.9 Å². The summed E-state index contributed by atoms with van der Waals surface area (Å²) in [5.41, 5.74) is 6.56. The van der Waals surface area contributed by atoms with Crippen molar-refractivity contribution in [1.29, 1.82) is 0 Å². The first-order chi connectivity index (χ1) is 11.8. The predicted octanol–water partition coefficient (Wildman–Crippen LogP) is 0.0123. The Kier molecular flexibility index (Phi) is 6.95. The van der Waals surface area contributed by atoms with Gasteiger partial charge in [-0.25, -0.2) is 8.42 Å². The van der Waals surface area contributed by atoms with Crippen molar-refractivity contribution in [3.63, 3.8) is 0 Å². The van der Waals surface area contributed by atoms with Gasteiger partial charge in [-0.15, -0.1) is 0 Å². The Morgan fingerprint density at radius 3 is 2.36 bits per heavy atom. The number of rotatable bonds is 7. The van der Waals surface area contributed by atoms with Crippen molar-refractivity contribution in [3.8, 4) is 0 Å². The van der Waals surface area contributed by atoms with Crippen LogP contribution >= 0.6 is 0 Å². The summed E-state index contributed by atoms with van der Waals surface area (Å²) in [5.74, 6) is 0.204. The maximum Gasteiger partial charge on any atom is 0.243 e. The van der Waals surface area contributed by atoms with Crippen LogP contribution in [0, 0.1) is 12.8 Å². The summed E-state index contributed by atoms with van der Waals surface area (Å²) in [5, 5.41) is 2.86. The molecular weight excluding hydrogens is 340 g/mol. The molecule has 1 aliphatic heterocycles. The molecular formula is C17H28N4O3S. The molecule has 1 unspecified atom stereocenters. The molecule has 0 bridgehead atoms. The number of carbonyl (C=O) groups excluding carboxylic acids is 1. The number of aryl methyl sites for hydroxylation is 1. The van der Waals surface area contributed by atoms with E-state index in [2.05, 4.69) is 5.32 Å². The number of sulfonamides is 1. The molecule has 25 heavy (non-hydrogen) atoms. The van der Waals surface area contributed by atoms with Gasteiger partial charge in [0, 0.05) is 32.7 Å². The summed E-state index contributed by atoms with van der Waals surface area (Å²) in [6, 6.07) is 6.89. The zero-order valence-electron chi connectivity index (χ0n) is 14.9. The van der Waals surface area contributed by atoms with Gasteiger partial charge >= 0.3 is 0 Å². The Labute approximate surface area is 150 Å². The highest BCUT2D eigenvalue weighted by Crippen LogP contribution is 2.18. The fourth-order valence-electron chi connectivity index (χ4n) is 2.62. The number of hydrogen-bond donors (Lipinski definition) is 2. The lowest BCUT2D eigenvalue weighted by Crippen LogP contribution is -2.51. The third kappa shape index (κ3) is 5.50. The van der Waals surface area contributed by atoms with Gasteiger partial charge in [0.15, 0.2) is 0 Å². The van der Waals surface area contributed by atoms with Gasteiger partial charge in [-0.3, -0.25) is 9.69 Å². The number of benzene rings is 1. The summed E-state index contributed by atoms with van der Waals surface area (Å²) in [4.78, 5) is 14.2. The van der Waals surface area contributed by atoms with Crippen LogP contribution in [-0.2, 0) is 14.8 Å². The Morgan fingerprint density at radius 1 is 1.20 bits per heavy atom. The smallest absolute Gasteiger partial charge is 0.243 e. The average Bonchev–Trinajstić information content (AvgIpc) is 2.60. The second kappa shape index (κ2) is 8.75. The maximum atomic E-state index is 12.7. The zero-order chi connectivity index (χ0) is 18.4. The third-order valence-electron chi connectivity index (χ3n) is 4.41. The number of nitrogens with zero attached hydrogens (tertiary/aromatic N) is 2. The molecule has 8 heteroatoms. The van der Waals surface area contributed by atoms with Gasteiger partial charge < -0.3 is 11.1 Å². The highest BCUT2D eigenvalue weighted by Gasteiger charge is 2.28. The molecule has 140 valence electrons. The van der Waals surface area contributed by atoms with Crippen LogP contribution in [0.4, 0.5) is 0 Å². The van der Waals surface area contributed by atoms with Crippen LogP contribution in [0.15, 0.2) is 29.2 Å². The van der Waals surface area contributed by atoms with Crippen molar-refractivity contribution in [1.82, 2.24) is 14.5 Å². The van der Waals surface area contributed by atoms with Crippen molar-refractivity contribution < 1.29 is 13.2 Å². The zero-order valence-corrected chi connectivity index (χ0v) is 15.8. The first kappa shape index (κ1) is 19.8. The number of hydrogen-bond acceptors (Lipinski definition) is 5. The summed E-state index contributed by atoms with van der Waals surface area (Å²) >= 11 is 0. The fourth-order valence-corrected chi connectivity index (χ4v) is 4.04. The molecule has 1 aromatic carbocycles. The van der Waals surface area contributed by atoms with E-state index in [9.17, 15) is 13.2 Å². The van der Waals surface area contributed by atoms with E-state index in [1.165, 1.54) is 4.31 Å². The molecule has 0 radical (unpaired) electrons. The first-order valence-electron chi connectivity index (χ1n) is 8.59. The molecule has 0 spiro atoms. The molecule has 1 fully saturated rings. The van der Waals surface area contributed by atoms with Gasteiger partial charge in [-0.05, 0) is 31.5 Å². The molecule has 1 amide bonds. The molecule has 1 aromatic rings. The number of nitrogens with one attached hydrogen (secondary N) is 1. The second-order valence-electron chi connectivity index (χ2n) is 6.64. The second-order valence-corrected chi connectivity index (χ2v) is 8.58. The standard InChI is InChI=1S/C17H28N4O3S/c1-14-3-5-16(6-4-14)25(23,24)21-9-7-20(8-10-21)13-17(22)19-12-15(2)11-18/h3-6,15H,7-13,18H2,1-2H3,(H,19,22). The van der Waals surface area contributed by atoms with E-state index in [-0.39, 0.29) is 18.4 Å². The van der Waals surface area contributed by atoms with Crippen LogP contribution < -0.4 is 11.1 Å². The Bertz CT molecular complexity index is 668. The summed E-state index contributed by atoms with van der Waals surface area (Å²) in [7, 11) is -3.46. The van der Waals surface area contributed by atoms with Crippen LogP contribution in [-0.4, -0.2) is 69.3 Å². The van der Waals surface area contributed by atoms with Gasteiger partial charge in [0.05, 0.1) is 11.4 Å². The normalized spacial score (nSPS) is 18.0. The maximum absolute atomic E-state index is 12.7. The topological polar surface area (TPSA) is 95.7 Å². The molecule has 2 rings (SSSR count). The van der Waals surface area contributed by atoms with Crippen LogP contribution in [0.25, 0.3) is 0 Å². The van der Waals surface area contributed by atoms with Crippen LogP contribution in [0.5, 0.6) is 0 Å². The molecule has 1 atom stereocenters. The number of carbonyl (C=O) groups is 1. The third-order valence-corrected chi connectivity index (χ3v) is 6.32. The lowest BCUT2D eigenvalue weighted by molar-refractivity contribution is -0.122. The van der Waals surface area contributed by atoms with E-state index in [0.717, 1.165) is 5.56 Å². The molecule has 3 N–H and O–H groups in total. The van der Waals surface area contributed by atoms with E-state index in [1.807, 2.05) is 18.7 Å². The first-order valence-corrected chi connectivity index (χ1v) is 10.0. The number of amides is 1. The molecule has 1 saturated heterocycles. The minimum atomic E-state index is -3.46. The average molecular weight is 369 g/mol. The number of piperazine rings is 1. The molecule has 0 aromatic heterocycles. The molecule has 1 aliphatic rings. The van der Waals surface area contributed by atoms with E-state index < -0.39 is 10.0 Å². The molecule has 0 saturated carbocycles. The van der Waals surface area contributed by atoms with Crippen LogP contribution in [0.2, 0.25) is 0 Å². The lowest BCUT2D eigenvalue weighted by Gasteiger charge is -2.33. The van der Waals surface area contributed by atoms with E-state index in [0.29, 0.717) is 44.2 Å². The molecule has 1 heterocycles. The monoisotopic (exact) mass is 368 g/mol. The van der Waals surface area contributed by atoms with Crippen molar-refractivity contribution in [2.75, 3.05) is 45.8 Å². The molecule has 0 aliphatic carbocycles. The predicted molar refractivity (Wildman–Crippen MR) is 97.6 cm³/mol. The minimum Gasteiger partial charge on any atom is -0.355 e. The highest BCUT2D eigenvalue weighted by molar-refractivity contribution is 7.89. The van der Waals surface area contributed by atoms with Gasteiger partial charge in [-0.1, -0.05) is 24.6 Å². The Hall–Kier alpha value is -1.48. The minimum absolute atomic E-state index is 0.0462. The Balaban J connectivity index is 1.84. The fraction of sp³-hybridized carbons (Fsp3) is 0.588. The van der Waals surface area contributed by atoms with Gasteiger partial charge in [0.1, 0.15) is 0 Å². The van der Waals surface area contributed by atoms with E-state index in [1.54, 1.807) is 24.3 Å². The van der Waals surface area contributed by atoms with E-state index >= 15 is 0 Å². The van der Waals surface area contributed by atoms with Gasteiger partial charge in [-0.2, -0.15) is 4.31 Å². The molecule has 7 nitrogen and oxygen atoms in total. The van der Waals surface area contributed by atoms with Gasteiger partial charge in [0.25, 0.3) is 0 Å². The summed E-state index contributed by atoms with van der Waals surface area (Å²) in [6.07, 6.45) is 0. The SMILES string of the molecule is Cc1ccc(S(=O)(=O)N2CCN(CC(=O)NCC(C)CN)CC2)cc1. The van der Waals surface area contributed by atoms with Crippen LogP contribution in [0.1, 0.15) is 12.5 Å². The van der Waals surface area contributed by atoms with E-state index in [4.69, 9.17) is 5.73 Å². The lowest BCUT2D eigenvalue weighted by atomic mass is 10.2. The summed E-state index contributed by atoms with van der Waals surface area (Å²) < 4.78 is 26.8.